The number of halogens is 1. The zero-order chi connectivity index (χ0) is 13.7. The van der Waals surface area contributed by atoms with Gasteiger partial charge in [0.2, 0.25) is 5.82 Å². The minimum absolute atomic E-state index is 0.0874. The number of nitro groups is 1. The Labute approximate surface area is 114 Å². The number of rotatable bonds is 5. The lowest BCUT2D eigenvalue weighted by molar-refractivity contribution is -0.384. The Hall–Kier alpha value is -2.21. The summed E-state index contributed by atoms with van der Waals surface area (Å²) in [5.41, 5.74) is 0.954. The van der Waals surface area contributed by atoms with Gasteiger partial charge in [-0.25, -0.2) is 4.98 Å². The van der Waals surface area contributed by atoms with Gasteiger partial charge in [0.25, 0.3) is 0 Å². The highest BCUT2D eigenvalue weighted by atomic mass is 35.5. The number of pyridine rings is 2. The van der Waals surface area contributed by atoms with Gasteiger partial charge in [0.1, 0.15) is 5.15 Å². The van der Waals surface area contributed by atoms with Gasteiger partial charge < -0.3 is 5.32 Å². The molecule has 0 saturated heterocycles. The first-order valence-electron chi connectivity index (χ1n) is 5.60. The SMILES string of the molecule is O=[N+]([O-])c1ccc(Cl)nc1NCCc1cccnc1. The maximum absolute atomic E-state index is 10.8. The van der Waals surface area contributed by atoms with Crippen molar-refractivity contribution in [1.82, 2.24) is 9.97 Å². The van der Waals surface area contributed by atoms with Crippen LogP contribution in [0.4, 0.5) is 11.5 Å². The van der Waals surface area contributed by atoms with Gasteiger partial charge in [-0.15, -0.1) is 0 Å². The van der Waals surface area contributed by atoms with E-state index in [1.165, 1.54) is 12.1 Å². The summed E-state index contributed by atoms with van der Waals surface area (Å²) in [6, 6.07) is 6.51. The third kappa shape index (κ3) is 3.62. The Morgan fingerprint density at radius 1 is 1.37 bits per heavy atom. The molecule has 19 heavy (non-hydrogen) atoms. The van der Waals surface area contributed by atoms with Crippen LogP contribution in [0.25, 0.3) is 0 Å². The van der Waals surface area contributed by atoms with E-state index in [-0.39, 0.29) is 16.7 Å². The maximum Gasteiger partial charge on any atom is 0.311 e. The fraction of sp³-hybridized carbons (Fsp3) is 0.167. The predicted molar refractivity (Wildman–Crippen MR) is 72.3 cm³/mol. The van der Waals surface area contributed by atoms with Crippen LogP contribution in [0.15, 0.2) is 36.7 Å². The van der Waals surface area contributed by atoms with Crippen LogP contribution in [0.2, 0.25) is 5.15 Å². The minimum atomic E-state index is -0.490. The van der Waals surface area contributed by atoms with E-state index in [0.717, 1.165) is 5.56 Å². The van der Waals surface area contributed by atoms with Crippen LogP contribution in [-0.4, -0.2) is 21.4 Å². The molecule has 2 aromatic heterocycles. The fourth-order valence-electron chi connectivity index (χ4n) is 1.58. The van der Waals surface area contributed by atoms with Crippen LogP contribution in [0, 0.1) is 10.1 Å². The number of aromatic nitrogens is 2. The monoisotopic (exact) mass is 278 g/mol. The van der Waals surface area contributed by atoms with Gasteiger partial charge in [0, 0.05) is 25.0 Å². The molecule has 0 aromatic carbocycles. The molecule has 0 unspecified atom stereocenters. The molecule has 1 N–H and O–H groups in total. The number of anilines is 1. The molecule has 7 heteroatoms. The summed E-state index contributed by atoms with van der Waals surface area (Å²) >= 11 is 5.73. The Morgan fingerprint density at radius 2 is 2.21 bits per heavy atom. The van der Waals surface area contributed by atoms with Gasteiger partial charge in [-0.1, -0.05) is 17.7 Å². The predicted octanol–water partition coefficient (Wildman–Crippen LogP) is 2.69. The van der Waals surface area contributed by atoms with Gasteiger partial charge in [-0.3, -0.25) is 15.1 Å². The lowest BCUT2D eigenvalue weighted by Crippen LogP contribution is -2.08. The third-order valence-corrected chi connectivity index (χ3v) is 2.68. The quantitative estimate of drug-likeness (QED) is 0.517. The topological polar surface area (TPSA) is 81.0 Å². The molecule has 0 fully saturated rings. The average molecular weight is 279 g/mol. The lowest BCUT2D eigenvalue weighted by atomic mass is 10.2. The third-order valence-electron chi connectivity index (χ3n) is 2.47. The number of hydrogen-bond acceptors (Lipinski definition) is 5. The number of hydrogen-bond donors (Lipinski definition) is 1. The summed E-state index contributed by atoms with van der Waals surface area (Å²) in [6.45, 7) is 0.514. The van der Waals surface area contributed by atoms with Crippen molar-refractivity contribution in [1.29, 1.82) is 0 Å². The maximum atomic E-state index is 10.8. The normalized spacial score (nSPS) is 10.2. The van der Waals surface area contributed by atoms with Gasteiger partial charge in [-0.2, -0.15) is 0 Å². The van der Waals surface area contributed by atoms with Crippen LogP contribution < -0.4 is 5.32 Å². The van der Waals surface area contributed by atoms with Crippen molar-refractivity contribution < 1.29 is 4.92 Å². The molecule has 2 aromatic rings. The van der Waals surface area contributed by atoms with Crippen molar-refractivity contribution in [2.24, 2.45) is 0 Å². The largest absolute Gasteiger partial charge is 0.364 e. The summed E-state index contributed by atoms with van der Waals surface area (Å²) in [6.07, 6.45) is 4.14. The molecular weight excluding hydrogens is 268 g/mol. The fourth-order valence-corrected chi connectivity index (χ4v) is 1.72. The molecule has 98 valence electrons. The van der Waals surface area contributed by atoms with Gasteiger partial charge in [0.05, 0.1) is 4.92 Å². The molecule has 0 aliphatic rings. The van der Waals surface area contributed by atoms with Gasteiger partial charge in [-0.05, 0) is 24.1 Å². The molecule has 2 heterocycles. The molecule has 0 radical (unpaired) electrons. The molecular formula is C12H11ClN4O2. The number of nitrogens with one attached hydrogen (secondary N) is 1. The Morgan fingerprint density at radius 3 is 2.89 bits per heavy atom. The Bertz CT molecular complexity index is 577. The summed E-state index contributed by atoms with van der Waals surface area (Å²) in [4.78, 5) is 18.3. The van der Waals surface area contributed by atoms with E-state index in [9.17, 15) is 10.1 Å². The molecule has 0 amide bonds. The van der Waals surface area contributed by atoms with E-state index in [0.29, 0.717) is 13.0 Å². The Balaban J connectivity index is 2.03. The van der Waals surface area contributed by atoms with Crippen LogP contribution in [0.5, 0.6) is 0 Å². The molecule has 0 bridgehead atoms. The van der Waals surface area contributed by atoms with Crippen LogP contribution in [-0.2, 0) is 6.42 Å². The molecule has 2 rings (SSSR count). The summed E-state index contributed by atoms with van der Waals surface area (Å²) in [5.74, 6) is 0.182. The summed E-state index contributed by atoms with van der Waals surface area (Å²) in [7, 11) is 0. The molecule has 0 atom stereocenters. The van der Waals surface area contributed by atoms with Crippen LogP contribution >= 0.6 is 11.6 Å². The highest BCUT2D eigenvalue weighted by Gasteiger charge is 2.14. The standard InChI is InChI=1S/C12H11ClN4O2/c13-11-4-3-10(17(18)19)12(16-11)15-7-5-9-2-1-6-14-8-9/h1-4,6,8H,5,7H2,(H,15,16). The molecule has 0 aliphatic carbocycles. The molecule has 0 spiro atoms. The second kappa shape index (κ2) is 6.10. The van der Waals surface area contributed by atoms with Crippen LogP contribution in [0.1, 0.15) is 5.56 Å². The summed E-state index contributed by atoms with van der Waals surface area (Å²) in [5, 5.41) is 14.0. The van der Waals surface area contributed by atoms with Crippen molar-refractivity contribution >= 4 is 23.1 Å². The minimum Gasteiger partial charge on any atom is -0.364 e. The first kappa shape index (κ1) is 13.2. The van der Waals surface area contributed by atoms with E-state index < -0.39 is 4.92 Å². The highest BCUT2D eigenvalue weighted by Crippen LogP contribution is 2.23. The van der Waals surface area contributed by atoms with Crippen LogP contribution in [0.3, 0.4) is 0 Å². The van der Waals surface area contributed by atoms with E-state index >= 15 is 0 Å². The van der Waals surface area contributed by atoms with Crippen molar-refractivity contribution in [3.63, 3.8) is 0 Å². The molecule has 6 nitrogen and oxygen atoms in total. The van der Waals surface area contributed by atoms with E-state index in [2.05, 4.69) is 15.3 Å². The van der Waals surface area contributed by atoms with E-state index in [1.807, 2.05) is 12.1 Å². The van der Waals surface area contributed by atoms with Gasteiger partial charge >= 0.3 is 5.69 Å². The molecule has 0 aliphatic heterocycles. The number of nitrogens with zero attached hydrogens (tertiary/aromatic N) is 3. The zero-order valence-corrected chi connectivity index (χ0v) is 10.7. The van der Waals surface area contributed by atoms with E-state index in [1.54, 1.807) is 12.4 Å². The Kier molecular flexibility index (Phi) is 4.25. The second-order valence-electron chi connectivity index (χ2n) is 3.80. The average Bonchev–Trinajstić information content (AvgIpc) is 2.39. The van der Waals surface area contributed by atoms with Gasteiger partial charge in [0.15, 0.2) is 0 Å². The van der Waals surface area contributed by atoms with Crippen molar-refractivity contribution in [2.45, 2.75) is 6.42 Å². The zero-order valence-electron chi connectivity index (χ0n) is 9.91. The highest BCUT2D eigenvalue weighted by molar-refractivity contribution is 6.29. The lowest BCUT2D eigenvalue weighted by Gasteiger charge is -2.06. The first-order chi connectivity index (χ1) is 9.16. The second-order valence-corrected chi connectivity index (χ2v) is 4.18. The smallest absolute Gasteiger partial charge is 0.311 e. The first-order valence-corrected chi connectivity index (χ1v) is 5.98. The van der Waals surface area contributed by atoms with E-state index in [4.69, 9.17) is 11.6 Å². The van der Waals surface area contributed by atoms with Crippen molar-refractivity contribution in [2.75, 3.05) is 11.9 Å². The summed E-state index contributed by atoms with van der Waals surface area (Å²) < 4.78 is 0. The molecule has 0 saturated carbocycles. The van der Waals surface area contributed by atoms with Crippen molar-refractivity contribution in [3.8, 4) is 0 Å². The van der Waals surface area contributed by atoms with Crippen molar-refractivity contribution in [3.05, 3.63) is 57.5 Å².